The number of amides is 1. The van der Waals surface area contributed by atoms with Gasteiger partial charge in [-0.1, -0.05) is 12.1 Å². The fraction of sp³-hybridized carbons (Fsp3) is 0.417. The number of aliphatic hydroxyl groups excluding tert-OH is 1. The van der Waals surface area contributed by atoms with E-state index in [1.165, 1.54) is 0 Å². The van der Waals surface area contributed by atoms with Crippen molar-refractivity contribution in [2.45, 2.75) is 19.4 Å². The van der Waals surface area contributed by atoms with E-state index < -0.39 is 6.10 Å². The third kappa shape index (κ3) is 1.88. The van der Waals surface area contributed by atoms with Crippen molar-refractivity contribution in [1.82, 2.24) is 4.90 Å². The highest BCUT2D eigenvalue weighted by Gasteiger charge is 2.27. The summed E-state index contributed by atoms with van der Waals surface area (Å²) in [6.45, 7) is 2.89. The maximum absolute atomic E-state index is 12.2. The Hall–Kier alpha value is -1.55. The highest BCUT2D eigenvalue weighted by atomic mass is 16.3. The highest BCUT2D eigenvalue weighted by molar-refractivity contribution is 6.00. The second-order valence-corrected chi connectivity index (χ2v) is 4.23. The predicted molar refractivity (Wildman–Crippen MR) is 62.1 cm³/mol. The third-order valence-corrected chi connectivity index (χ3v) is 2.97. The van der Waals surface area contributed by atoms with Crippen molar-refractivity contribution in [1.29, 1.82) is 0 Å². The summed E-state index contributed by atoms with van der Waals surface area (Å²) < 4.78 is 0. The minimum absolute atomic E-state index is 0.0767. The molecule has 86 valence electrons. The molecular formula is C12H16N2O2. The van der Waals surface area contributed by atoms with Crippen LogP contribution in [0.3, 0.4) is 0 Å². The molecule has 1 heterocycles. The molecule has 1 aliphatic heterocycles. The maximum atomic E-state index is 12.2. The Bertz CT molecular complexity index is 397. The Kier molecular flexibility index (Phi) is 2.83. The van der Waals surface area contributed by atoms with Crippen LogP contribution in [0.2, 0.25) is 0 Å². The van der Waals surface area contributed by atoms with E-state index in [1.807, 2.05) is 19.1 Å². The fourth-order valence-corrected chi connectivity index (χ4v) is 2.07. The molecule has 0 aliphatic carbocycles. The number of nitrogens with zero attached hydrogens (tertiary/aromatic N) is 1. The molecule has 1 amide bonds. The summed E-state index contributed by atoms with van der Waals surface area (Å²) in [6, 6.07) is 5.43. The standard InChI is InChI=1S/C12H16N2O2/c1-8-3-2-4-10(13)11(8)12(16)14-6-5-9(15)7-14/h2-4,9,15H,5-7,13H2,1H3/t9-/m0/s1. The van der Waals surface area contributed by atoms with E-state index >= 15 is 0 Å². The van der Waals surface area contributed by atoms with Crippen LogP contribution in [0, 0.1) is 6.92 Å². The first-order chi connectivity index (χ1) is 7.59. The molecular weight excluding hydrogens is 204 g/mol. The molecule has 0 aromatic heterocycles. The van der Waals surface area contributed by atoms with Gasteiger partial charge in [0.2, 0.25) is 0 Å². The van der Waals surface area contributed by atoms with Crippen LogP contribution >= 0.6 is 0 Å². The largest absolute Gasteiger partial charge is 0.398 e. The summed E-state index contributed by atoms with van der Waals surface area (Å²) in [5.41, 5.74) is 7.77. The van der Waals surface area contributed by atoms with E-state index in [2.05, 4.69) is 0 Å². The van der Waals surface area contributed by atoms with Crippen LogP contribution in [0.4, 0.5) is 5.69 Å². The molecule has 4 nitrogen and oxygen atoms in total. The van der Waals surface area contributed by atoms with Crippen molar-refractivity contribution in [3.8, 4) is 0 Å². The lowest BCUT2D eigenvalue weighted by atomic mass is 10.1. The number of carbonyl (C=O) groups is 1. The van der Waals surface area contributed by atoms with Gasteiger partial charge in [0.1, 0.15) is 0 Å². The Balaban J connectivity index is 2.27. The Morgan fingerprint density at radius 2 is 2.31 bits per heavy atom. The summed E-state index contributed by atoms with van der Waals surface area (Å²) >= 11 is 0. The second-order valence-electron chi connectivity index (χ2n) is 4.23. The number of β-amino-alcohol motifs (C(OH)–C–C–N with tert-alkyl or cyclic N) is 1. The van der Waals surface area contributed by atoms with Gasteiger partial charge in [-0.25, -0.2) is 0 Å². The number of likely N-dealkylation sites (tertiary alicyclic amines) is 1. The summed E-state index contributed by atoms with van der Waals surface area (Å²) in [6.07, 6.45) is 0.256. The van der Waals surface area contributed by atoms with Gasteiger partial charge in [0.25, 0.3) is 5.91 Å². The maximum Gasteiger partial charge on any atom is 0.256 e. The summed E-state index contributed by atoms with van der Waals surface area (Å²) in [5.74, 6) is -0.0767. The number of carbonyl (C=O) groups excluding carboxylic acids is 1. The average Bonchev–Trinajstić information content (AvgIpc) is 2.64. The van der Waals surface area contributed by atoms with Gasteiger partial charge in [0.15, 0.2) is 0 Å². The van der Waals surface area contributed by atoms with Gasteiger partial charge in [-0.2, -0.15) is 0 Å². The molecule has 1 aromatic rings. The molecule has 0 saturated carbocycles. The second kappa shape index (κ2) is 4.14. The lowest BCUT2D eigenvalue weighted by molar-refractivity contribution is 0.0765. The first-order valence-electron chi connectivity index (χ1n) is 5.42. The molecule has 1 fully saturated rings. The minimum atomic E-state index is -0.394. The van der Waals surface area contributed by atoms with Gasteiger partial charge in [-0.3, -0.25) is 4.79 Å². The van der Waals surface area contributed by atoms with Gasteiger partial charge < -0.3 is 15.7 Å². The van der Waals surface area contributed by atoms with Gasteiger partial charge in [-0.15, -0.1) is 0 Å². The average molecular weight is 220 g/mol. The van der Waals surface area contributed by atoms with Crippen LogP contribution in [0.5, 0.6) is 0 Å². The topological polar surface area (TPSA) is 66.6 Å². The number of rotatable bonds is 1. The Labute approximate surface area is 94.7 Å². The zero-order valence-electron chi connectivity index (χ0n) is 9.31. The quantitative estimate of drug-likeness (QED) is 0.687. The van der Waals surface area contributed by atoms with E-state index in [9.17, 15) is 9.90 Å². The van der Waals surface area contributed by atoms with Crippen molar-refractivity contribution in [3.63, 3.8) is 0 Å². The van der Waals surface area contributed by atoms with Crippen LogP contribution in [-0.4, -0.2) is 35.1 Å². The van der Waals surface area contributed by atoms with Gasteiger partial charge in [0.05, 0.1) is 11.7 Å². The SMILES string of the molecule is Cc1cccc(N)c1C(=O)N1CC[C@H](O)C1. The van der Waals surface area contributed by atoms with Gasteiger partial charge >= 0.3 is 0 Å². The summed E-state index contributed by atoms with van der Waals surface area (Å²) in [5, 5.41) is 9.41. The number of nitrogen functional groups attached to an aromatic ring is 1. The number of benzene rings is 1. The molecule has 1 saturated heterocycles. The van der Waals surface area contributed by atoms with Crippen LogP contribution in [0.1, 0.15) is 22.3 Å². The van der Waals surface area contributed by atoms with E-state index in [0.717, 1.165) is 5.56 Å². The molecule has 0 spiro atoms. The first kappa shape index (κ1) is 11.0. The number of hydrogen-bond donors (Lipinski definition) is 2. The molecule has 4 heteroatoms. The van der Waals surface area contributed by atoms with Crippen molar-refractivity contribution in [2.75, 3.05) is 18.8 Å². The normalized spacial score (nSPS) is 20.1. The molecule has 0 bridgehead atoms. The minimum Gasteiger partial charge on any atom is -0.398 e. The molecule has 0 radical (unpaired) electrons. The number of anilines is 1. The number of nitrogens with two attached hydrogens (primary N) is 1. The summed E-state index contributed by atoms with van der Waals surface area (Å²) in [4.78, 5) is 13.8. The monoisotopic (exact) mass is 220 g/mol. The molecule has 0 unspecified atom stereocenters. The number of aliphatic hydroxyl groups is 1. The molecule has 2 rings (SSSR count). The fourth-order valence-electron chi connectivity index (χ4n) is 2.07. The molecule has 1 atom stereocenters. The smallest absolute Gasteiger partial charge is 0.256 e. The highest BCUT2D eigenvalue weighted by Crippen LogP contribution is 2.21. The third-order valence-electron chi connectivity index (χ3n) is 2.97. The Morgan fingerprint density at radius 1 is 1.56 bits per heavy atom. The lowest BCUT2D eigenvalue weighted by Gasteiger charge is -2.18. The zero-order chi connectivity index (χ0) is 11.7. The van der Waals surface area contributed by atoms with Gasteiger partial charge in [0, 0.05) is 18.8 Å². The van der Waals surface area contributed by atoms with E-state index in [4.69, 9.17) is 5.73 Å². The van der Waals surface area contributed by atoms with Crippen molar-refractivity contribution in [3.05, 3.63) is 29.3 Å². The first-order valence-corrected chi connectivity index (χ1v) is 5.42. The van der Waals surface area contributed by atoms with Gasteiger partial charge in [-0.05, 0) is 25.0 Å². The predicted octanol–water partition coefficient (Wildman–Crippen LogP) is 0.784. The lowest BCUT2D eigenvalue weighted by Crippen LogP contribution is -2.30. The Morgan fingerprint density at radius 3 is 2.88 bits per heavy atom. The number of hydrogen-bond acceptors (Lipinski definition) is 3. The van der Waals surface area contributed by atoms with Crippen molar-refractivity contribution < 1.29 is 9.90 Å². The summed E-state index contributed by atoms with van der Waals surface area (Å²) in [7, 11) is 0. The molecule has 3 N–H and O–H groups in total. The van der Waals surface area contributed by atoms with Crippen molar-refractivity contribution in [2.24, 2.45) is 0 Å². The molecule has 16 heavy (non-hydrogen) atoms. The van der Waals surface area contributed by atoms with E-state index in [-0.39, 0.29) is 5.91 Å². The molecule has 1 aromatic carbocycles. The van der Waals surface area contributed by atoms with E-state index in [1.54, 1.807) is 11.0 Å². The van der Waals surface area contributed by atoms with E-state index in [0.29, 0.717) is 30.8 Å². The van der Waals surface area contributed by atoms with Crippen LogP contribution < -0.4 is 5.73 Å². The molecule has 1 aliphatic rings. The van der Waals surface area contributed by atoms with Crippen LogP contribution in [0.25, 0.3) is 0 Å². The number of aryl methyl sites for hydroxylation is 1. The van der Waals surface area contributed by atoms with Crippen LogP contribution in [-0.2, 0) is 0 Å². The van der Waals surface area contributed by atoms with Crippen LogP contribution in [0.15, 0.2) is 18.2 Å². The zero-order valence-corrected chi connectivity index (χ0v) is 9.31. The van der Waals surface area contributed by atoms with Crippen molar-refractivity contribution >= 4 is 11.6 Å².